The number of imidazole rings is 1. The fourth-order valence-corrected chi connectivity index (χ4v) is 6.81. The Morgan fingerprint density at radius 2 is 1.59 bits per heavy atom. The summed E-state index contributed by atoms with van der Waals surface area (Å²) in [4.78, 5) is 37.1. The molecule has 264 valence electrons. The SMILES string of the molecule is O=C(NC1CCC(NC(=O)c2cc(F)cnc2Oc2cccc(-c3ccc(CCCN4CCNCC4)cc3)c2)CC1)c1cn2cc(F)ccc2n1. The number of hydrogen-bond donors (Lipinski definition) is 3. The van der Waals surface area contributed by atoms with Gasteiger partial charge in [0.25, 0.3) is 11.8 Å². The van der Waals surface area contributed by atoms with E-state index in [1.807, 2.05) is 18.2 Å². The molecule has 5 aromatic rings. The Morgan fingerprint density at radius 3 is 2.35 bits per heavy atom. The number of carbonyl (C=O) groups is 2. The number of nitrogens with one attached hydrogen (secondary N) is 3. The van der Waals surface area contributed by atoms with Crippen LogP contribution in [0.1, 0.15) is 58.5 Å². The first kappa shape index (κ1) is 34.3. The number of aryl methyl sites for hydroxylation is 1. The second kappa shape index (κ2) is 15.8. The van der Waals surface area contributed by atoms with Crippen LogP contribution in [-0.2, 0) is 6.42 Å². The summed E-state index contributed by atoms with van der Waals surface area (Å²) in [7, 11) is 0. The van der Waals surface area contributed by atoms with E-state index in [0.717, 1.165) is 69.0 Å². The van der Waals surface area contributed by atoms with Crippen molar-refractivity contribution in [3.05, 3.63) is 114 Å². The summed E-state index contributed by atoms with van der Waals surface area (Å²) in [6, 6.07) is 19.7. The summed E-state index contributed by atoms with van der Waals surface area (Å²) in [5.41, 5.74) is 3.98. The standard InChI is InChI=1S/C39H41F2N7O3/c40-29-10-15-36-46-35(25-48(36)24-29)38(50)45-32-13-11-31(12-14-32)44-37(49)34-22-30(41)23-43-39(34)51-33-5-1-4-28(21-33)27-8-6-26(7-9-27)3-2-18-47-19-16-42-17-20-47/h1,4-10,15,21-25,31-32,42H,2-3,11-14,16-20H2,(H,44,49)(H,45,50). The van der Waals surface area contributed by atoms with Gasteiger partial charge in [-0.2, -0.15) is 0 Å². The average Bonchev–Trinajstić information content (AvgIpc) is 3.58. The molecule has 1 saturated carbocycles. The topological polar surface area (TPSA) is 113 Å². The highest BCUT2D eigenvalue weighted by molar-refractivity contribution is 5.96. The maximum absolute atomic E-state index is 14.3. The first-order valence-electron chi connectivity index (χ1n) is 17.6. The summed E-state index contributed by atoms with van der Waals surface area (Å²) in [5.74, 6) is -1.39. The zero-order valence-electron chi connectivity index (χ0n) is 28.3. The highest BCUT2D eigenvalue weighted by atomic mass is 19.1. The molecule has 0 radical (unpaired) electrons. The monoisotopic (exact) mass is 693 g/mol. The lowest BCUT2D eigenvalue weighted by Gasteiger charge is -2.29. The van der Waals surface area contributed by atoms with Gasteiger partial charge in [-0.15, -0.1) is 0 Å². The third kappa shape index (κ3) is 8.76. The molecule has 3 N–H and O–H groups in total. The molecule has 2 amide bonds. The second-order valence-corrected chi connectivity index (χ2v) is 13.3. The average molecular weight is 694 g/mol. The molecule has 1 aliphatic heterocycles. The minimum atomic E-state index is -0.643. The Kier molecular flexibility index (Phi) is 10.6. The van der Waals surface area contributed by atoms with Gasteiger partial charge in [-0.25, -0.2) is 18.7 Å². The van der Waals surface area contributed by atoms with Gasteiger partial charge in [-0.3, -0.25) is 9.59 Å². The van der Waals surface area contributed by atoms with E-state index in [9.17, 15) is 18.4 Å². The Morgan fingerprint density at radius 1 is 0.843 bits per heavy atom. The van der Waals surface area contributed by atoms with Gasteiger partial charge in [0.2, 0.25) is 5.88 Å². The number of hydrogen-bond acceptors (Lipinski definition) is 7. The van der Waals surface area contributed by atoms with Crippen LogP contribution in [0.25, 0.3) is 16.8 Å². The minimum Gasteiger partial charge on any atom is -0.438 e. The Labute approximate surface area is 295 Å². The largest absolute Gasteiger partial charge is 0.438 e. The number of ether oxygens (including phenoxy) is 1. The Bertz CT molecular complexity index is 1990. The first-order valence-corrected chi connectivity index (χ1v) is 17.6. The molecule has 2 fully saturated rings. The lowest BCUT2D eigenvalue weighted by molar-refractivity contribution is 0.0888. The number of rotatable bonds is 11. The molecule has 3 aromatic heterocycles. The highest BCUT2D eigenvalue weighted by Crippen LogP contribution is 2.29. The van der Waals surface area contributed by atoms with Crippen molar-refractivity contribution in [3.8, 4) is 22.8 Å². The molecule has 12 heteroatoms. The van der Waals surface area contributed by atoms with Crippen molar-refractivity contribution in [2.75, 3.05) is 32.7 Å². The molecular weight excluding hydrogens is 652 g/mol. The normalized spacial score (nSPS) is 18.0. The lowest BCUT2D eigenvalue weighted by Crippen LogP contribution is -2.44. The number of piperazine rings is 1. The van der Waals surface area contributed by atoms with Gasteiger partial charge in [0.1, 0.15) is 34.3 Å². The molecule has 0 bridgehead atoms. The van der Waals surface area contributed by atoms with Crippen LogP contribution < -0.4 is 20.7 Å². The van der Waals surface area contributed by atoms with Gasteiger partial charge < -0.3 is 30.0 Å². The molecular formula is C39H41F2N7O3. The number of benzene rings is 2. The predicted octanol–water partition coefficient (Wildman–Crippen LogP) is 5.78. The van der Waals surface area contributed by atoms with E-state index in [4.69, 9.17) is 4.74 Å². The van der Waals surface area contributed by atoms with E-state index in [1.165, 1.54) is 34.5 Å². The Balaban J connectivity index is 0.927. The van der Waals surface area contributed by atoms with Crippen LogP contribution in [0.5, 0.6) is 11.6 Å². The van der Waals surface area contributed by atoms with Crippen LogP contribution in [0.2, 0.25) is 0 Å². The van der Waals surface area contributed by atoms with Crippen molar-refractivity contribution in [3.63, 3.8) is 0 Å². The number of aromatic nitrogens is 3. The number of fused-ring (bicyclic) bond motifs is 1. The van der Waals surface area contributed by atoms with Crippen molar-refractivity contribution in [1.29, 1.82) is 0 Å². The molecule has 1 saturated heterocycles. The van der Waals surface area contributed by atoms with Crippen molar-refractivity contribution < 1.29 is 23.1 Å². The maximum Gasteiger partial charge on any atom is 0.271 e. The van der Waals surface area contributed by atoms with Crippen molar-refractivity contribution in [2.24, 2.45) is 0 Å². The maximum atomic E-state index is 14.3. The summed E-state index contributed by atoms with van der Waals surface area (Å²) < 4.78 is 35.4. The van der Waals surface area contributed by atoms with Crippen molar-refractivity contribution >= 4 is 17.5 Å². The fourth-order valence-electron chi connectivity index (χ4n) is 6.81. The van der Waals surface area contributed by atoms with Crippen LogP contribution in [0.3, 0.4) is 0 Å². The number of halogens is 2. The van der Waals surface area contributed by atoms with Crippen LogP contribution in [0.15, 0.2) is 85.3 Å². The van der Waals surface area contributed by atoms with Crippen LogP contribution in [-0.4, -0.2) is 75.9 Å². The second-order valence-electron chi connectivity index (χ2n) is 13.3. The summed E-state index contributed by atoms with van der Waals surface area (Å²) in [6.07, 6.45) is 8.44. The van der Waals surface area contributed by atoms with Gasteiger partial charge in [0.15, 0.2) is 0 Å². The minimum absolute atomic E-state index is 0.00397. The van der Waals surface area contributed by atoms with Gasteiger partial charge in [0, 0.05) is 50.7 Å². The van der Waals surface area contributed by atoms with E-state index >= 15 is 0 Å². The third-order valence-corrected chi connectivity index (χ3v) is 9.59. The quantitative estimate of drug-likeness (QED) is 0.161. The number of pyridine rings is 2. The number of nitrogens with zero attached hydrogens (tertiary/aromatic N) is 4. The number of amides is 2. The lowest BCUT2D eigenvalue weighted by atomic mass is 9.91. The van der Waals surface area contributed by atoms with Crippen LogP contribution in [0, 0.1) is 11.6 Å². The van der Waals surface area contributed by atoms with Crippen LogP contribution >= 0.6 is 0 Å². The summed E-state index contributed by atoms with van der Waals surface area (Å²) in [5, 5.41) is 9.39. The molecule has 4 heterocycles. The van der Waals surface area contributed by atoms with E-state index in [0.29, 0.717) is 37.1 Å². The molecule has 2 aromatic carbocycles. The summed E-state index contributed by atoms with van der Waals surface area (Å²) >= 11 is 0. The third-order valence-electron chi connectivity index (χ3n) is 9.59. The summed E-state index contributed by atoms with van der Waals surface area (Å²) in [6.45, 7) is 5.46. The predicted molar refractivity (Wildman–Crippen MR) is 190 cm³/mol. The van der Waals surface area contributed by atoms with Gasteiger partial charge in [-0.05, 0) is 92.1 Å². The van der Waals surface area contributed by atoms with Crippen molar-refractivity contribution in [1.82, 2.24) is 35.2 Å². The zero-order chi connectivity index (χ0) is 35.2. The van der Waals surface area contributed by atoms with E-state index in [-0.39, 0.29) is 35.1 Å². The molecule has 10 nitrogen and oxygen atoms in total. The molecule has 1 aliphatic carbocycles. The first-order chi connectivity index (χ1) is 24.9. The zero-order valence-corrected chi connectivity index (χ0v) is 28.3. The molecule has 0 unspecified atom stereocenters. The molecule has 2 aliphatic rings. The number of carbonyl (C=O) groups excluding carboxylic acids is 2. The molecule has 0 atom stereocenters. The van der Waals surface area contributed by atoms with Gasteiger partial charge in [-0.1, -0.05) is 36.4 Å². The smallest absolute Gasteiger partial charge is 0.271 e. The van der Waals surface area contributed by atoms with E-state index < -0.39 is 17.5 Å². The van der Waals surface area contributed by atoms with Gasteiger partial charge >= 0.3 is 0 Å². The molecule has 7 rings (SSSR count). The van der Waals surface area contributed by atoms with Crippen molar-refractivity contribution in [2.45, 2.75) is 50.6 Å². The fraction of sp³-hybridized carbons (Fsp3) is 0.333. The highest BCUT2D eigenvalue weighted by Gasteiger charge is 2.26. The van der Waals surface area contributed by atoms with Crippen LogP contribution in [0.4, 0.5) is 8.78 Å². The molecule has 51 heavy (non-hydrogen) atoms. The van der Waals surface area contributed by atoms with Gasteiger partial charge in [0.05, 0.1) is 6.20 Å². The van der Waals surface area contributed by atoms with E-state index in [2.05, 4.69) is 55.1 Å². The Hall–Kier alpha value is -5.20. The molecule has 0 spiro atoms. The van der Waals surface area contributed by atoms with E-state index in [1.54, 1.807) is 6.07 Å².